The molecule has 1 fully saturated rings. The van der Waals surface area contributed by atoms with Gasteiger partial charge in [-0.1, -0.05) is 12.1 Å². The Morgan fingerprint density at radius 3 is 2.53 bits per heavy atom. The number of fused-ring (bicyclic) bond motifs is 1. The summed E-state index contributed by atoms with van der Waals surface area (Å²) in [6.07, 6.45) is 5.10. The number of aromatic nitrogens is 3. The summed E-state index contributed by atoms with van der Waals surface area (Å²) in [6, 6.07) is 7.79. The fourth-order valence-electron chi connectivity index (χ4n) is 3.46. The smallest absolute Gasteiger partial charge is 0.239 e. The molecule has 4 rings (SSSR count). The number of likely N-dealkylation sites (N-methyl/N-ethyl adjacent to an activating group) is 1. The molecule has 10 heteroatoms. The summed E-state index contributed by atoms with van der Waals surface area (Å²) in [5, 5.41) is 7.39. The maximum absolute atomic E-state index is 12.4. The third-order valence-electron chi connectivity index (χ3n) is 5.27. The van der Waals surface area contributed by atoms with Crippen molar-refractivity contribution in [2.75, 3.05) is 45.1 Å². The first-order chi connectivity index (χ1) is 14.3. The van der Waals surface area contributed by atoms with Gasteiger partial charge in [-0.3, -0.25) is 14.4 Å². The second-order valence-corrected chi connectivity index (χ2v) is 7.82. The van der Waals surface area contributed by atoms with E-state index < -0.39 is 5.24 Å². The van der Waals surface area contributed by atoms with Crippen molar-refractivity contribution in [2.45, 2.75) is 5.24 Å². The number of anilines is 1. The molecule has 0 bridgehead atoms. The highest BCUT2D eigenvalue weighted by Gasteiger charge is 2.17. The highest BCUT2D eigenvalue weighted by atomic mass is 16.2. The zero-order valence-electron chi connectivity index (χ0n) is 17.0. The number of carbonyl (C=O) groups is 1. The van der Waals surface area contributed by atoms with E-state index in [9.17, 15) is 4.79 Å². The Morgan fingerprint density at radius 1 is 1.07 bits per heavy atom. The van der Waals surface area contributed by atoms with Gasteiger partial charge in [-0.2, -0.15) is 5.10 Å². The highest BCUT2D eigenvalue weighted by molar-refractivity contribution is 6.56. The molecular weight excluding hydrogens is 373 g/mol. The summed E-state index contributed by atoms with van der Waals surface area (Å²) in [5.41, 5.74) is 1.76. The minimum absolute atomic E-state index is 0.0611. The summed E-state index contributed by atoms with van der Waals surface area (Å²) < 4.78 is 1.31. The Labute approximate surface area is 180 Å². The molecule has 1 N–H and O–H groups in total. The number of nitrogens with one attached hydrogen (secondary N) is 1. The maximum atomic E-state index is 12.4. The van der Waals surface area contributed by atoms with Crippen LogP contribution in [0.2, 0.25) is 0 Å². The van der Waals surface area contributed by atoms with E-state index in [4.69, 9.17) is 23.5 Å². The topological polar surface area (TPSA) is 66.3 Å². The molecule has 6 radical (unpaired) electrons. The first-order valence-electron chi connectivity index (χ1n) is 9.81. The van der Waals surface area contributed by atoms with Gasteiger partial charge < -0.3 is 10.2 Å². The molecule has 1 amide bonds. The van der Waals surface area contributed by atoms with Crippen LogP contribution in [0.3, 0.4) is 0 Å². The van der Waals surface area contributed by atoms with Gasteiger partial charge in [-0.05, 0) is 35.4 Å². The molecule has 0 atom stereocenters. The Morgan fingerprint density at radius 2 is 1.83 bits per heavy atom. The van der Waals surface area contributed by atoms with Crippen LogP contribution in [-0.2, 0) is 10.0 Å². The van der Waals surface area contributed by atoms with E-state index in [1.165, 1.54) is 4.68 Å². The fraction of sp³-hybridized carbons (Fsp3) is 0.350. The van der Waals surface area contributed by atoms with Crippen LogP contribution in [-0.4, -0.2) is 93.8 Å². The Hall–Kier alpha value is -2.58. The molecule has 0 spiro atoms. The van der Waals surface area contributed by atoms with E-state index in [1.807, 2.05) is 24.3 Å². The van der Waals surface area contributed by atoms with E-state index in [2.05, 4.69) is 32.2 Å². The van der Waals surface area contributed by atoms with Crippen molar-refractivity contribution in [3.8, 4) is 11.1 Å². The molecule has 0 saturated carbocycles. The summed E-state index contributed by atoms with van der Waals surface area (Å²) in [6.45, 7) is 4.09. The van der Waals surface area contributed by atoms with E-state index in [1.54, 1.807) is 18.6 Å². The molecule has 7 nitrogen and oxygen atoms in total. The van der Waals surface area contributed by atoms with Gasteiger partial charge in [0, 0.05) is 49.5 Å². The summed E-state index contributed by atoms with van der Waals surface area (Å²) in [5.74, 6) is 0.466. The van der Waals surface area contributed by atoms with E-state index >= 15 is 0 Å². The van der Waals surface area contributed by atoms with Crippen LogP contribution >= 0.6 is 0 Å². The third kappa shape index (κ3) is 4.76. The van der Waals surface area contributed by atoms with Crippen molar-refractivity contribution >= 4 is 46.0 Å². The van der Waals surface area contributed by atoms with Crippen molar-refractivity contribution in [3.05, 3.63) is 42.9 Å². The second kappa shape index (κ2) is 8.28. The molecule has 146 valence electrons. The van der Waals surface area contributed by atoms with Crippen LogP contribution < -0.4 is 5.32 Å². The number of nitrogens with zero attached hydrogens (tertiary/aromatic N) is 5. The van der Waals surface area contributed by atoms with Crippen LogP contribution in [0.5, 0.6) is 0 Å². The molecule has 3 aromatic rings. The van der Waals surface area contributed by atoms with Gasteiger partial charge >= 0.3 is 0 Å². The Kier molecular flexibility index (Phi) is 5.71. The predicted octanol–water partition coefficient (Wildman–Crippen LogP) is 0.357. The lowest BCUT2D eigenvalue weighted by Crippen LogP contribution is -2.47. The lowest BCUT2D eigenvalue weighted by atomic mass is 9.49. The normalized spacial score (nSPS) is 16.0. The van der Waals surface area contributed by atoms with E-state index in [0.717, 1.165) is 48.1 Å². The molecule has 0 unspecified atom stereocenters. The van der Waals surface area contributed by atoms with Crippen LogP contribution in [0, 0.1) is 0 Å². The average Bonchev–Trinajstić information content (AvgIpc) is 3.20. The number of hydrogen-bond donors (Lipinski definition) is 1. The van der Waals surface area contributed by atoms with Gasteiger partial charge in [-0.15, -0.1) is 0 Å². The van der Waals surface area contributed by atoms with Gasteiger partial charge in [-0.25, -0.2) is 4.98 Å². The zero-order chi connectivity index (χ0) is 21.3. The molecular formula is C20H21B3N6O. The Balaban J connectivity index is 1.49. The minimum atomic E-state index is -1.56. The molecule has 30 heavy (non-hydrogen) atoms. The maximum Gasteiger partial charge on any atom is 0.239 e. The van der Waals surface area contributed by atoms with E-state index in [-0.39, 0.29) is 5.91 Å². The second-order valence-electron chi connectivity index (χ2n) is 7.82. The number of hydrogen-bond acceptors (Lipinski definition) is 5. The molecule has 1 aromatic carbocycles. The lowest BCUT2D eigenvalue weighted by Gasteiger charge is -2.31. The van der Waals surface area contributed by atoms with Crippen molar-refractivity contribution in [1.29, 1.82) is 0 Å². The number of amides is 1. The average molecular weight is 394 g/mol. The SMILES string of the molecule is [B]C([B])([B])n1cc(-c2ccc3cnc(NC(=O)CN4CCN(C)CC4)cc3c2)cn1. The van der Waals surface area contributed by atoms with Crippen LogP contribution in [0.1, 0.15) is 0 Å². The summed E-state index contributed by atoms with van der Waals surface area (Å²) >= 11 is 0. The minimum Gasteiger partial charge on any atom is -0.310 e. The molecule has 1 aliphatic heterocycles. The molecule has 2 aromatic heterocycles. The number of benzene rings is 1. The van der Waals surface area contributed by atoms with Gasteiger partial charge in [0.2, 0.25) is 5.91 Å². The largest absolute Gasteiger partial charge is 0.310 e. The van der Waals surface area contributed by atoms with Crippen LogP contribution in [0.4, 0.5) is 5.82 Å². The first kappa shape index (κ1) is 20.7. The number of carbonyl (C=O) groups excluding carboxylic acids is 1. The van der Waals surface area contributed by atoms with Crippen LogP contribution in [0.25, 0.3) is 21.9 Å². The molecule has 3 heterocycles. The van der Waals surface area contributed by atoms with Gasteiger partial charge in [0.25, 0.3) is 0 Å². The number of rotatable bonds is 5. The standard InChI is InChI=1S/C20H21B3N6O/c1-27-4-6-28(7-5-27)13-19(30)26-18-9-16-8-14(2-3-15(16)10-24-18)17-11-25-29(12-17)20(21,22)23/h2-3,8-12H,4-7,13H2,1H3,(H,24,26,30). The molecule has 1 aliphatic rings. The lowest BCUT2D eigenvalue weighted by molar-refractivity contribution is -0.117. The summed E-state index contributed by atoms with van der Waals surface area (Å²) in [7, 11) is 19.1. The van der Waals surface area contributed by atoms with Crippen molar-refractivity contribution in [1.82, 2.24) is 24.6 Å². The molecule has 0 aliphatic carbocycles. The fourth-order valence-corrected chi connectivity index (χ4v) is 3.46. The van der Waals surface area contributed by atoms with E-state index in [0.29, 0.717) is 12.4 Å². The van der Waals surface area contributed by atoms with Crippen molar-refractivity contribution in [3.63, 3.8) is 0 Å². The predicted molar refractivity (Wildman–Crippen MR) is 121 cm³/mol. The third-order valence-corrected chi connectivity index (χ3v) is 5.27. The van der Waals surface area contributed by atoms with Gasteiger partial charge in [0.05, 0.1) is 36.3 Å². The zero-order valence-corrected chi connectivity index (χ0v) is 17.0. The number of piperazine rings is 1. The van der Waals surface area contributed by atoms with Crippen molar-refractivity contribution in [2.24, 2.45) is 0 Å². The quantitative estimate of drug-likeness (QED) is 0.634. The number of pyridine rings is 1. The highest BCUT2D eigenvalue weighted by Crippen LogP contribution is 2.25. The molecule has 1 saturated heterocycles. The van der Waals surface area contributed by atoms with Crippen LogP contribution in [0.15, 0.2) is 42.9 Å². The van der Waals surface area contributed by atoms with Crippen molar-refractivity contribution < 1.29 is 4.79 Å². The van der Waals surface area contributed by atoms with Gasteiger partial charge in [0.15, 0.2) is 0 Å². The first-order valence-corrected chi connectivity index (χ1v) is 9.81. The Bertz CT molecular complexity index is 1060. The summed E-state index contributed by atoms with van der Waals surface area (Å²) in [4.78, 5) is 21.2. The van der Waals surface area contributed by atoms with Gasteiger partial charge in [0.1, 0.15) is 5.82 Å². The monoisotopic (exact) mass is 394 g/mol.